The number of carbonyl (C=O) groups excluding carboxylic acids is 2. The molecular formula is C25H29F3N4O2. The highest BCUT2D eigenvalue weighted by Gasteiger charge is 2.47. The van der Waals surface area contributed by atoms with E-state index in [0.717, 1.165) is 11.8 Å². The summed E-state index contributed by atoms with van der Waals surface area (Å²) < 4.78 is 40.4. The number of hydrogen-bond donors (Lipinski definition) is 2. The molecule has 2 aromatic carbocycles. The van der Waals surface area contributed by atoms with E-state index in [0.29, 0.717) is 31.5 Å². The van der Waals surface area contributed by atoms with E-state index in [2.05, 4.69) is 19.2 Å². The first-order valence-electron chi connectivity index (χ1n) is 11.5. The van der Waals surface area contributed by atoms with E-state index in [9.17, 15) is 22.8 Å². The fourth-order valence-electron chi connectivity index (χ4n) is 4.78. The molecule has 2 aromatic rings. The zero-order chi connectivity index (χ0) is 24.6. The highest BCUT2D eigenvalue weighted by Crippen LogP contribution is 2.32. The molecule has 3 N–H and O–H groups in total. The molecule has 9 heteroatoms. The lowest BCUT2D eigenvalue weighted by Crippen LogP contribution is -2.52. The summed E-state index contributed by atoms with van der Waals surface area (Å²) in [4.78, 5) is 29.0. The number of urea groups is 1. The minimum absolute atomic E-state index is 0.0456. The van der Waals surface area contributed by atoms with Crippen LogP contribution in [0.2, 0.25) is 0 Å². The van der Waals surface area contributed by atoms with Crippen molar-refractivity contribution in [2.75, 3.05) is 18.4 Å². The maximum Gasteiger partial charge on any atom is 0.322 e. The lowest BCUT2D eigenvalue weighted by molar-refractivity contribution is -0.133. The molecule has 6 nitrogen and oxygen atoms in total. The second kappa shape index (κ2) is 9.66. The van der Waals surface area contributed by atoms with Crippen LogP contribution in [0.15, 0.2) is 36.4 Å². The highest BCUT2D eigenvalue weighted by atomic mass is 19.2. The van der Waals surface area contributed by atoms with Gasteiger partial charge in [0.25, 0.3) is 0 Å². The maximum atomic E-state index is 13.9. The third-order valence-corrected chi connectivity index (χ3v) is 6.66. The number of nitrogens with zero attached hydrogens (tertiary/aromatic N) is 2. The van der Waals surface area contributed by atoms with Gasteiger partial charge in [0.05, 0.1) is 12.1 Å². The lowest BCUT2D eigenvalue weighted by Gasteiger charge is -2.34. The number of benzene rings is 2. The number of likely N-dealkylation sites (tertiary alicyclic amines) is 2. The molecule has 182 valence electrons. The zero-order valence-corrected chi connectivity index (χ0v) is 19.2. The number of rotatable bonds is 6. The minimum atomic E-state index is -1.26. The second-order valence-electron chi connectivity index (χ2n) is 9.47. The Morgan fingerprint density at radius 1 is 1.00 bits per heavy atom. The van der Waals surface area contributed by atoms with E-state index < -0.39 is 23.5 Å². The molecule has 2 aliphatic heterocycles. The monoisotopic (exact) mass is 474 g/mol. The Balaban J connectivity index is 1.29. The molecule has 34 heavy (non-hydrogen) atoms. The number of carbonyl (C=O) groups is 2. The van der Waals surface area contributed by atoms with Crippen molar-refractivity contribution in [3.63, 3.8) is 0 Å². The van der Waals surface area contributed by atoms with Crippen LogP contribution in [0, 0.1) is 17.5 Å². The van der Waals surface area contributed by atoms with Gasteiger partial charge in [-0.25, -0.2) is 18.0 Å². The molecule has 0 aliphatic carbocycles. The second-order valence-corrected chi connectivity index (χ2v) is 9.47. The first-order chi connectivity index (χ1) is 16.1. The van der Waals surface area contributed by atoms with Crippen molar-refractivity contribution in [1.82, 2.24) is 9.80 Å². The predicted molar refractivity (Wildman–Crippen MR) is 123 cm³/mol. The van der Waals surface area contributed by atoms with Crippen molar-refractivity contribution in [1.29, 1.82) is 0 Å². The molecule has 0 aromatic heterocycles. The van der Waals surface area contributed by atoms with E-state index in [-0.39, 0.29) is 42.4 Å². The van der Waals surface area contributed by atoms with Crippen LogP contribution in [0.1, 0.15) is 43.7 Å². The van der Waals surface area contributed by atoms with Gasteiger partial charge in [0.15, 0.2) is 11.6 Å². The van der Waals surface area contributed by atoms with Crippen LogP contribution in [0.4, 0.5) is 23.7 Å². The van der Waals surface area contributed by atoms with E-state index in [1.54, 1.807) is 9.80 Å². The summed E-state index contributed by atoms with van der Waals surface area (Å²) in [6, 6.07) is 7.90. The van der Waals surface area contributed by atoms with E-state index >= 15 is 0 Å². The number of nitrogens with one attached hydrogen (secondary N) is 1. The molecule has 3 atom stereocenters. The van der Waals surface area contributed by atoms with Gasteiger partial charge in [-0.3, -0.25) is 4.79 Å². The smallest absolute Gasteiger partial charge is 0.322 e. The Hall–Kier alpha value is -3.07. The third kappa shape index (κ3) is 5.04. The van der Waals surface area contributed by atoms with Crippen molar-refractivity contribution < 1.29 is 22.8 Å². The molecule has 2 heterocycles. The Kier molecular flexibility index (Phi) is 6.84. The molecular weight excluding hydrogens is 445 g/mol. The van der Waals surface area contributed by atoms with Crippen LogP contribution in [-0.4, -0.2) is 53.0 Å². The largest absolute Gasteiger partial charge is 0.336 e. The van der Waals surface area contributed by atoms with Crippen LogP contribution >= 0.6 is 0 Å². The van der Waals surface area contributed by atoms with Crippen LogP contribution in [0.5, 0.6) is 0 Å². The van der Waals surface area contributed by atoms with Crippen LogP contribution in [-0.2, 0) is 11.2 Å². The fraction of sp³-hybridized carbons (Fsp3) is 0.440. The number of anilines is 1. The average Bonchev–Trinajstić information content (AvgIpc) is 3.39. The SMILES string of the molecule is CC(C)c1ccc(NC(=O)N2C[C@@H]3C[C@H]2CN3C(=O)C[C@H](N)Cc2cc(F)c(F)cc2F)cc1. The van der Waals surface area contributed by atoms with Crippen molar-refractivity contribution in [3.05, 3.63) is 65.0 Å². The summed E-state index contributed by atoms with van der Waals surface area (Å²) in [5.41, 5.74) is 7.87. The zero-order valence-electron chi connectivity index (χ0n) is 19.2. The van der Waals surface area contributed by atoms with Gasteiger partial charge >= 0.3 is 6.03 Å². The first-order valence-corrected chi connectivity index (χ1v) is 11.5. The molecule has 2 bridgehead atoms. The Morgan fingerprint density at radius 2 is 1.62 bits per heavy atom. The summed E-state index contributed by atoms with van der Waals surface area (Å²) in [7, 11) is 0. The Bertz CT molecular complexity index is 1080. The normalized spacial score (nSPS) is 20.2. The molecule has 0 spiro atoms. The van der Waals surface area contributed by atoms with Gasteiger partial charge in [-0.05, 0) is 48.1 Å². The predicted octanol–water partition coefficient (Wildman–Crippen LogP) is 4.00. The number of piperazine rings is 1. The lowest BCUT2D eigenvalue weighted by atomic mass is 10.0. The molecule has 4 rings (SSSR count). The van der Waals surface area contributed by atoms with E-state index in [4.69, 9.17) is 5.73 Å². The number of nitrogens with two attached hydrogens (primary N) is 1. The standard InChI is InChI=1S/C25H29F3N4O2/c1-14(2)15-3-5-18(6-4-15)30-25(34)32-13-19-10-20(32)12-31(19)24(33)9-17(29)7-16-8-22(27)23(28)11-21(16)26/h3-6,8,11,14,17,19-20H,7,9-10,12-13,29H2,1-2H3,(H,30,34)/t17-,19+,20+/m1/s1. The molecule has 0 radical (unpaired) electrons. The number of fused-ring (bicyclic) bond motifs is 2. The highest BCUT2D eigenvalue weighted by molar-refractivity contribution is 5.90. The van der Waals surface area contributed by atoms with Gasteiger partial charge in [-0.1, -0.05) is 26.0 Å². The quantitative estimate of drug-likeness (QED) is 0.621. The molecule has 2 saturated heterocycles. The number of halogens is 3. The minimum Gasteiger partial charge on any atom is -0.336 e. The number of hydrogen-bond acceptors (Lipinski definition) is 3. The average molecular weight is 475 g/mol. The van der Waals surface area contributed by atoms with Crippen molar-refractivity contribution >= 4 is 17.6 Å². The summed E-state index contributed by atoms with van der Waals surface area (Å²) >= 11 is 0. The van der Waals surface area contributed by atoms with Gasteiger partial charge < -0.3 is 20.9 Å². The summed E-state index contributed by atoms with van der Waals surface area (Å²) in [5, 5.41) is 2.92. The van der Waals surface area contributed by atoms with Crippen LogP contribution in [0.25, 0.3) is 0 Å². The summed E-state index contributed by atoms with van der Waals surface area (Å²) in [6.07, 6.45) is 0.565. The number of amides is 3. The van der Waals surface area contributed by atoms with E-state index in [1.807, 2.05) is 24.3 Å². The van der Waals surface area contributed by atoms with Crippen molar-refractivity contribution in [2.45, 2.75) is 57.2 Å². The van der Waals surface area contributed by atoms with Crippen LogP contribution in [0.3, 0.4) is 0 Å². The molecule has 0 saturated carbocycles. The molecule has 3 amide bonds. The Morgan fingerprint density at radius 3 is 2.24 bits per heavy atom. The first kappa shape index (κ1) is 24.1. The van der Waals surface area contributed by atoms with Gasteiger partial charge in [-0.15, -0.1) is 0 Å². The van der Waals surface area contributed by atoms with Gasteiger partial charge in [0, 0.05) is 37.3 Å². The van der Waals surface area contributed by atoms with Gasteiger partial charge in [0.2, 0.25) is 5.91 Å². The topological polar surface area (TPSA) is 78.7 Å². The van der Waals surface area contributed by atoms with Crippen molar-refractivity contribution in [2.24, 2.45) is 5.73 Å². The van der Waals surface area contributed by atoms with E-state index in [1.165, 1.54) is 5.56 Å². The third-order valence-electron chi connectivity index (χ3n) is 6.66. The van der Waals surface area contributed by atoms with Crippen LogP contribution < -0.4 is 11.1 Å². The van der Waals surface area contributed by atoms with Crippen molar-refractivity contribution in [3.8, 4) is 0 Å². The molecule has 2 fully saturated rings. The maximum absolute atomic E-state index is 13.9. The fourth-order valence-corrected chi connectivity index (χ4v) is 4.78. The molecule has 2 aliphatic rings. The Labute approximate surface area is 196 Å². The molecule has 0 unspecified atom stereocenters. The summed E-state index contributed by atoms with van der Waals surface area (Å²) in [5.74, 6) is -3.08. The summed E-state index contributed by atoms with van der Waals surface area (Å²) in [6.45, 7) is 5.06. The van der Waals surface area contributed by atoms with Gasteiger partial charge in [-0.2, -0.15) is 0 Å². The van der Waals surface area contributed by atoms with Gasteiger partial charge in [0.1, 0.15) is 5.82 Å².